The molecule has 4 N–H and O–H groups in total. The number of carbonyl (C=O) groups excluding carboxylic acids is 2. The maximum atomic E-state index is 12.3. The molecule has 9 nitrogen and oxygen atoms in total. The second kappa shape index (κ2) is 9.55. The van der Waals surface area contributed by atoms with Crippen molar-refractivity contribution in [2.75, 3.05) is 18.4 Å². The van der Waals surface area contributed by atoms with Crippen LogP contribution in [0.5, 0.6) is 0 Å². The van der Waals surface area contributed by atoms with Crippen LogP contribution in [0, 0.1) is 0 Å². The van der Waals surface area contributed by atoms with Crippen molar-refractivity contribution in [2.45, 2.75) is 43.8 Å². The molecular formula is C20H24F3N5O4. The molecule has 1 aromatic heterocycles. The van der Waals surface area contributed by atoms with Crippen molar-refractivity contribution in [2.24, 2.45) is 7.05 Å². The van der Waals surface area contributed by atoms with Gasteiger partial charge >= 0.3 is 12.1 Å². The summed E-state index contributed by atoms with van der Waals surface area (Å²) in [4.78, 5) is 32.6. The van der Waals surface area contributed by atoms with Crippen molar-refractivity contribution in [3.8, 4) is 0 Å². The minimum absolute atomic E-state index is 0.199. The van der Waals surface area contributed by atoms with Crippen LogP contribution in [0.15, 0.2) is 18.2 Å². The number of fused-ring (bicyclic) bond motifs is 1. The van der Waals surface area contributed by atoms with Crippen LogP contribution in [0.4, 0.5) is 18.9 Å². The number of piperidine rings is 2. The van der Waals surface area contributed by atoms with Gasteiger partial charge < -0.3 is 15.7 Å². The highest BCUT2D eigenvalue weighted by atomic mass is 19.4. The smallest absolute Gasteiger partial charge is 0.475 e. The SMILES string of the molecule is Cn1nc(C2CCC(=O)NC2=O)c2cccc(NC3CCNCC3)c21.O=C(O)C(F)(F)F. The fourth-order valence-electron chi connectivity index (χ4n) is 3.88. The number of nitrogens with zero attached hydrogens (tertiary/aromatic N) is 2. The Balaban J connectivity index is 0.000000360. The molecule has 1 atom stereocenters. The predicted molar refractivity (Wildman–Crippen MR) is 109 cm³/mol. The number of hydrogen-bond acceptors (Lipinski definition) is 6. The van der Waals surface area contributed by atoms with E-state index in [0.717, 1.165) is 48.2 Å². The highest BCUT2D eigenvalue weighted by molar-refractivity contribution is 6.03. The van der Waals surface area contributed by atoms with Gasteiger partial charge in [-0.3, -0.25) is 19.6 Å². The molecule has 2 fully saturated rings. The number of aryl methyl sites for hydroxylation is 1. The highest BCUT2D eigenvalue weighted by Gasteiger charge is 2.38. The summed E-state index contributed by atoms with van der Waals surface area (Å²) in [5.41, 5.74) is 2.83. The van der Waals surface area contributed by atoms with Gasteiger partial charge in [0.25, 0.3) is 0 Å². The molecule has 32 heavy (non-hydrogen) atoms. The first-order valence-electron chi connectivity index (χ1n) is 10.1. The predicted octanol–water partition coefficient (Wildman–Crippen LogP) is 1.89. The quantitative estimate of drug-likeness (QED) is 0.521. The molecule has 4 rings (SSSR count). The number of imide groups is 1. The summed E-state index contributed by atoms with van der Waals surface area (Å²) in [6, 6.07) is 6.53. The van der Waals surface area contributed by atoms with E-state index < -0.39 is 12.1 Å². The summed E-state index contributed by atoms with van der Waals surface area (Å²) in [5, 5.41) is 22.2. The molecule has 2 aliphatic heterocycles. The zero-order valence-corrected chi connectivity index (χ0v) is 17.3. The number of hydrogen-bond donors (Lipinski definition) is 4. The van der Waals surface area contributed by atoms with Crippen LogP contribution in [-0.4, -0.2) is 58.0 Å². The molecule has 12 heteroatoms. The van der Waals surface area contributed by atoms with Crippen LogP contribution in [0.25, 0.3) is 10.9 Å². The van der Waals surface area contributed by atoms with Gasteiger partial charge in [0.1, 0.15) is 0 Å². The first-order valence-corrected chi connectivity index (χ1v) is 10.1. The summed E-state index contributed by atoms with van der Waals surface area (Å²) in [6.45, 7) is 2.06. The minimum atomic E-state index is -5.08. The average Bonchev–Trinajstić information content (AvgIpc) is 3.06. The van der Waals surface area contributed by atoms with Crippen LogP contribution in [-0.2, 0) is 21.4 Å². The number of alkyl halides is 3. The molecule has 2 aromatic rings. The number of anilines is 1. The summed E-state index contributed by atoms with van der Waals surface area (Å²) in [5.74, 6) is -3.56. The molecule has 1 unspecified atom stereocenters. The Bertz CT molecular complexity index is 1010. The minimum Gasteiger partial charge on any atom is -0.475 e. The summed E-state index contributed by atoms with van der Waals surface area (Å²) in [7, 11) is 1.91. The average molecular weight is 455 g/mol. The highest BCUT2D eigenvalue weighted by Crippen LogP contribution is 2.33. The lowest BCUT2D eigenvalue weighted by Gasteiger charge is -2.25. The summed E-state index contributed by atoms with van der Waals surface area (Å²) in [6.07, 6.45) is -2.02. The molecule has 0 saturated carbocycles. The molecule has 0 bridgehead atoms. The van der Waals surface area contributed by atoms with E-state index in [1.54, 1.807) is 0 Å². The topological polar surface area (TPSA) is 125 Å². The zero-order valence-electron chi connectivity index (χ0n) is 17.3. The number of rotatable bonds is 3. The molecule has 2 aliphatic rings. The Morgan fingerprint density at radius 3 is 2.47 bits per heavy atom. The van der Waals surface area contributed by atoms with Crippen LogP contribution in [0.3, 0.4) is 0 Å². The lowest BCUT2D eigenvalue weighted by atomic mass is 9.92. The number of amides is 2. The summed E-state index contributed by atoms with van der Waals surface area (Å²) >= 11 is 0. The number of para-hydroxylation sites is 1. The van der Waals surface area contributed by atoms with Crippen LogP contribution >= 0.6 is 0 Å². The second-order valence-electron chi connectivity index (χ2n) is 7.69. The number of halogens is 3. The van der Waals surface area contributed by atoms with E-state index in [2.05, 4.69) is 27.1 Å². The zero-order chi connectivity index (χ0) is 23.5. The number of carbonyl (C=O) groups is 3. The number of carboxylic acids is 1. The number of carboxylic acid groups (broad SMARTS) is 1. The number of aromatic nitrogens is 2. The van der Waals surface area contributed by atoms with E-state index in [1.165, 1.54) is 0 Å². The van der Waals surface area contributed by atoms with E-state index in [4.69, 9.17) is 9.90 Å². The van der Waals surface area contributed by atoms with Gasteiger partial charge in [-0.1, -0.05) is 12.1 Å². The molecular weight excluding hydrogens is 431 g/mol. The summed E-state index contributed by atoms with van der Waals surface area (Å²) < 4.78 is 33.6. The molecule has 1 aromatic carbocycles. The third kappa shape index (κ3) is 5.36. The molecule has 3 heterocycles. The Morgan fingerprint density at radius 2 is 1.88 bits per heavy atom. The van der Waals surface area contributed by atoms with Crippen molar-refractivity contribution in [1.82, 2.24) is 20.4 Å². The van der Waals surface area contributed by atoms with Crippen molar-refractivity contribution < 1.29 is 32.7 Å². The lowest BCUT2D eigenvalue weighted by molar-refractivity contribution is -0.192. The first kappa shape index (κ1) is 23.5. The third-order valence-electron chi connectivity index (χ3n) is 5.40. The van der Waals surface area contributed by atoms with Crippen molar-refractivity contribution in [3.05, 3.63) is 23.9 Å². The fraction of sp³-hybridized carbons (Fsp3) is 0.500. The van der Waals surface area contributed by atoms with Gasteiger partial charge in [0, 0.05) is 24.9 Å². The van der Waals surface area contributed by atoms with Gasteiger partial charge in [0.15, 0.2) is 0 Å². The van der Waals surface area contributed by atoms with Crippen LogP contribution in [0.2, 0.25) is 0 Å². The first-order chi connectivity index (χ1) is 15.1. The van der Waals surface area contributed by atoms with Gasteiger partial charge in [-0.2, -0.15) is 18.3 Å². The van der Waals surface area contributed by atoms with E-state index in [-0.39, 0.29) is 17.7 Å². The molecule has 174 valence electrons. The van der Waals surface area contributed by atoms with E-state index in [0.29, 0.717) is 18.9 Å². The van der Waals surface area contributed by atoms with Crippen molar-refractivity contribution >= 4 is 34.4 Å². The van der Waals surface area contributed by atoms with E-state index in [9.17, 15) is 22.8 Å². The monoisotopic (exact) mass is 455 g/mol. The standard InChI is InChI=1S/C18H23N5O2.C2HF3O2/c1-23-17-12(16(22-23)13-5-6-15(24)21-18(13)25)3-2-4-14(17)20-11-7-9-19-10-8-11;3-2(4,5)1(6)7/h2-4,11,13,19-20H,5-10H2,1H3,(H,21,24,25);(H,6,7). The van der Waals surface area contributed by atoms with Gasteiger partial charge in [0.2, 0.25) is 11.8 Å². The fourth-order valence-corrected chi connectivity index (χ4v) is 3.88. The Labute approximate surface area is 181 Å². The number of aliphatic carboxylic acids is 1. The maximum absolute atomic E-state index is 12.3. The Morgan fingerprint density at radius 1 is 1.22 bits per heavy atom. The largest absolute Gasteiger partial charge is 0.490 e. The molecule has 0 aliphatic carbocycles. The van der Waals surface area contributed by atoms with Gasteiger partial charge in [-0.15, -0.1) is 0 Å². The van der Waals surface area contributed by atoms with E-state index in [1.807, 2.05) is 23.9 Å². The van der Waals surface area contributed by atoms with Crippen LogP contribution in [0.1, 0.15) is 37.3 Å². The van der Waals surface area contributed by atoms with Crippen LogP contribution < -0.4 is 16.0 Å². The Kier molecular flexibility index (Phi) is 7.02. The normalized spacial score (nSPS) is 19.8. The molecule has 2 saturated heterocycles. The number of benzene rings is 1. The molecule has 0 spiro atoms. The third-order valence-corrected chi connectivity index (χ3v) is 5.40. The van der Waals surface area contributed by atoms with E-state index >= 15 is 0 Å². The maximum Gasteiger partial charge on any atom is 0.490 e. The van der Waals surface area contributed by atoms with Gasteiger partial charge in [-0.05, 0) is 38.4 Å². The van der Waals surface area contributed by atoms with Gasteiger partial charge in [-0.25, -0.2) is 4.79 Å². The Hall–Kier alpha value is -3.15. The van der Waals surface area contributed by atoms with Gasteiger partial charge in [0.05, 0.1) is 22.8 Å². The van der Waals surface area contributed by atoms with Crippen molar-refractivity contribution in [1.29, 1.82) is 0 Å². The lowest BCUT2D eigenvalue weighted by Crippen LogP contribution is -2.39. The van der Waals surface area contributed by atoms with Crippen molar-refractivity contribution in [3.63, 3.8) is 0 Å². The number of nitrogens with one attached hydrogen (secondary N) is 3. The molecule has 2 amide bonds. The molecule has 0 radical (unpaired) electrons. The second-order valence-corrected chi connectivity index (χ2v) is 7.69.